The number of aliphatic hydroxyl groups is 1. The van der Waals surface area contributed by atoms with E-state index in [0.29, 0.717) is 0 Å². The van der Waals surface area contributed by atoms with Gasteiger partial charge in [-0.2, -0.15) is 0 Å². The van der Waals surface area contributed by atoms with Crippen molar-refractivity contribution >= 4 is 5.91 Å². The van der Waals surface area contributed by atoms with Gasteiger partial charge in [0.1, 0.15) is 0 Å². The highest BCUT2D eigenvalue weighted by atomic mass is 16.3. The summed E-state index contributed by atoms with van der Waals surface area (Å²) in [7, 11) is 1.62. The van der Waals surface area contributed by atoms with Crippen LogP contribution in [0.15, 0.2) is 23.3 Å². The normalized spacial score (nSPS) is 28.3. The summed E-state index contributed by atoms with van der Waals surface area (Å²) < 4.78 is 0. The summed E-state index contributed by atoms with van der Waals surface area (Å²) in [5.74, 6) is -0.0261. The lowest BCUT2D eigenvalue weighted by molar-refractivity contribution is -0.129. The van der Waals surface area contributed by atoms with Gasteiger partial charge >= 0.3 is 0 Å². The van der Waals surface area contributed by atoms with E-state index in [9.17, 15) is 9.90 Å². The summed E-state index contributed by atoms with van der Waals surface area (Å²) >= 11 is 0. The Morgan fingerprint density at radius 3 is 3.08 bits per heavy atom. The number of hydrogen-bond donors (Lipinski definition) is 1. The molecule has 1 heterocycles. The highest BCUT2D eigenvalue weighted by molar-refractivity contribution is 5.98. The fourth-order valence-electron chi connectivity index (χ4n) is 1.69. The van der Waals surface area contributed by atoms with Crippen LogP contribution in [0, 0.1) is 0 Å². The molecule has 0 aromatic rings. The number of likely N-dealkylation sites (N-methyl/N-ethyl adjacent to an activating group) is 1. The minimum absolute atomic E-state index is 0.0261. The van der Waals surface area contributed by atoms with Gasteiger partial charge in [0.2, 0.25) is 0 Å². The SMILES string of the molecule is CN1C(=O)C2=C(C=CCC2)C1O. The van der Waals surface area contributed by atoms with Gasteiger partial charge in [-0.25, -0.2) is 0 Å². The molecule has 1 N–H and O–H groups in total. The van der Waals surface area contributed by atoms with Crippen molar-refractivity contribution in [3.05, 3.63) is 23.3 Å². The molecule has 0 fully saturated rings. The van der Waals surface area contributed by atoms with E-state index >= 15 is 0 Å². The van der Waals surface area contributed by atoms with Gasteiger partial charge in [-0.1, -0.05) is 12.2 Å². The summed E-state index contributed by atoms with van der Waals surface area (Å²) in [6, 6.07) is 0. The molecule has 0 radical (unpaired) electrons. The van der Waals surface area contributed by atoms with E-state index < -0.39 is 6.23 Å². The monoisotopic (exact) mass is 165 g/mol. The maximum absolute atomic E-state index is 11.4. The zero-order chi connectivity index (χ0) is 8.72. The average Bonchev–Trinajstić information content (AvgIpc) is 2.33. The third-order valence-electron chi connectivity index (χ3n) is 2.43. The molecule has 1 unspecified atom stereocenters. The Hall–Kier alpha value is -1.09. The Morgan fingerprint density at radius 1 is 1.67 bits per heavy atom. The van der Waals surface area contributed by atoms with E-state index in [2.05, 4.69) is 0 Å². The van der Waals surface area contributed by atoms with Gasteiger partial charge < -0.3 is 10.0 Å². The molecule has 0 saturated heterocycles. The van der Waals surface area contributed by atoms with Crippen LogP contribution in [0.1, 0.15) is 12.8 Å². The number of allylic oxidation sites excluding steroid dienone is 1. The molecular weight excluding hydrogens is 154 g/mol. The Balaban J connectivity index is 2.42. The van der Waals surface area contributed by atoms with E-state index in [4.69, 9.17) is 0 Å². The van der Waals surface area contributed by atoms with Crippen LogP contribution < -0.4 is 0 Å². The molecule has 1 aliphatic heterocycles. The number of aliphatic hydroxyl groups excluding tert-OH is 1. The summed E-state index contributed by atoms with van der Waals surface area (Å²) in [6.45, 7) is 0. The van der Waals surface area contributed by atoms with Crippen LogP contribution in [0.2, 0.25) is 0 Å². The van der Waals surface area contributed by atoms with E-state index in [1.54, 1.807) is 7.05 Å². The summed E-state index contributed by atoms with van der Waals surface area (Å²) in [6.07, 6.45) is 4.81. The summed E-state index contributed by atoms with van der Waals surface area (Å²) in [5, 5.41) is 9.56. The molecule has 0 aromatic carbocycles. The lowest BCUT2D eigenvalue weighted by atomic mass is 9.99. The molecule has 0 bridgehead atoms. The number of amides is 1. The highest BCUT2D eigenvalue weighted by Gasteiger charge is 2.34. The molecule has 3 heteroatoms. The topological polar surface area (TPSA) is 40.5 Å². The third kappa shape index (κ3) is 0.830. The fourth-order valence-corrected chi connectivity index (χ4v) is 1.69. The highest BCUT2D eigenvalue weighted by Crippen LogP contribution is 2.30. The molecule has 64 valence electrons. The molecule has 1 atom stereocenters. The van der Waals surface area contributed by atoms with Gasteiger partial charge in [-0.3, -0.25) is 4.79 Å². The van der Waals surface area contributed by atoms with Crippen molar-refractivity contribution in [1.82, 2.24) is 4.90 Å². The second-order valence-electron chi connectivity index (χ2n) is 3.16. The van der Waals surface area contributed by atoms with Crippen LogP contribution in [-0.2, 0) is 4.79 Å². The van der Waals surface area contributed by atoms with E-state index in [1.807, 2.05) is 12.2 Å². The molecule has 1 aliphatic carbocycles. The molecule has 1 amide bonds. The molecule has 3 nitrogen and oxygen atoms in total. The van der Waals surface area contributed by atoms with Crippen molar-refractivity contribution in [2.24, 2.45) is 0 Å². The third-order valence-corrected chi connectivity index (χ3v) is 2.43. The van der Waals surface area contributed by atoms with Gasteiger partial charge in [0.25, 0.3) is 5.91 Å². The number of carbonyl (C=O) groups excluding carboxylic acids is 1. The molecule has 0 saturated carbocycles. The Morgan fingerprint density at radius 2 is 2.42 bits per heavy atom. The van der Waals surface area contributed by atoms with Crippen molar-refractivity contribution < 1.29 is 9.90 Å². The largest absolute Gasteiger partial charge is 0.369 e. The van der Waals surface area contributed by atoms with Crippen LogP contribution in [-0.4, -0.2) is 29.2 Å². The van der Waals surface area contributed by atoms with Crippen molar-refractivity contribution in [3.8, 4) is 0 Å². The van der Waals surface area contributed by atoms with Crippen LogP contribution in [0.5, 0.6) is 0 Å². The van der Waals surface area contributed by atoms with Crippen molar-refractivity contribution in [2.75, 3.05) is 7.05 Å². The van der Waals surface area contributed by atoms with Gasteiger partial charge in [0, 0.05) is 18.2 Å². The maximum Gasteiger partial charge on any atom is 0.252 e. The quantitative estimate of drug-likeness (QED) is 0.565. The Kier molecular flexibility index (Phi) is 1.54. The molecular formula is C9H11NO2. The predicted molar refractivity (Wildman–Crippen MR) is 44.2 cm³/mol. The van der Waals surface area contributed by atoms with Crippen LogP contribution in [0.25, 0.3) is 0 Å². The molecule has 0 aromatic heterocycles. The number of nitrogens with zero attached hydrogens (tertiary/aromatic N) is 1. The standard InChI is InChI=1S/C9H11NO2/c1-10-8(11)6-4-2-3-5-7(6)9(10)12/h2,4,8,11H,3,5H2,1H3. The lowest BCUT2D eigenvalue weighted by Gasteiger charge is -2.15. The minimum atomic E-state index is -0.718. The first-order valence-electron chi connectivity index (χ1n) is 4.06. The van der Waals surface area contributed by atoms with Gasteiger partial charge in [0.05, 0.1) is 0 Å². The van der Waals surface area contributed by atoms with Gasteiger partial charge in [0.15, 0.2) is 6.23 Å². The molecule has 2 rings (SSSR count). The second-order valence-corrected chi connectivity index (χ2v) is 3.16. The Bertz CT molecular complexity index is 291. The van der Waals surface area contributed by atoms with Crippen LogP contribution >= 0.6 is 0 Å². The van der Waals surface area contributed by atoms with Crippen molar-refractivity contribution in [2.45, 2.75) is 19.1 Å². The van der Waals surface area contributed by atoms with E-state index in [-0.39, 0.29) is 5.91 Å². The fraction of sp³-hybridized carbons (Fsp3) is 0.444. The lowest BCUT2D eigenvalue weighted by Crippen LogP contribution is -2.30. The maximum atomic E-state index is 11.4. The summed E-state index contributed by atoms with van der Waals surface area (Å²) in [5.41, 5.74) is 1.57. The van der Waals surface area contributed by atoms with Crippen molar-refractivity contribution in [3.63, 3.8) is 0 Å². The first-order valence-corrected chi connectivity index (χ1v) is 4.06. The molecule has 2 aliphatic rings. The first kappa shape index (κ1) is 7.55. The number of carbonyl (C=O) groups is 1. The predicted octanol–water partition coefficient (Wildman–Crippen LogP) is 0.423. The van der Waals surface area contributed by atoms with E-state index in [1.165, 1.54) is 4.90 Å². The molecule has 0 spiro atoms. The first-order chi connectivity index (χ1) is 5.72. The average molecular weight is 165 g/mol. The zero-order valence-electron chi connectivity index (χ0n) is 6.95. The van der Waals surface area contributed by atoms with Crippen molar-refractivity contribution in [1.29, 1.82) is 0 Å². The molecule has 12 heavy (non-hydrogen) atoms. The second kappa shape index (κ2) is 2.45. The Labute approximate surface area is 71.0 Å². The number of rotatable bonds is 0. The summed E-state index contributed by atoms with van der Waals surface area (Å²) in [4.78, 5) is 12.8. The van der Waals surface area contributed by atoms with E-state index in [0.717, 1.165) is 24.0 Å². The minimum Gasteiger partial charge on any atom is -0.369 e. The van der Waals surface area contributed by atoms with Gasteiger partial charge in [-0.15, -0.1) is 0 Å². The van der Waals surface area contributed by atoms with Crippen LogP contribution in [0.3, 0.4) is 0 Å². The smallest absolute Gasteiger partial charge is 0.252 e. The number of hydrogen-bond acceptors (Lipinski definition) is 2. The van der Waals surface area contributed by atoms with Gasteiger partial charge in [-0.05, 0) is 12.8 Å². The zero-order valence-corrected chi connectivity index (χ0v) is 6.95. The van der Waals surface area contributed by atoms with Crippen LogP contribution in [0.4, 0.5) is 0 Å².